The monoisotopic (exact) mass is 313 g/mol. The lowest BCUT2D eigenvalue weighted by Crippen LogP contribution is -2.30. The summed E-state index contributed by atoms with van der Waals surface area (Å²) in [4.78, 5) is 18.3. The maximum atomic E-state index is 13.6. The molecule has 0 spiro atoms. The van der Waals surface area contributed by atoms with Crippen LogP contribution in [0.3, 0.4) is 0 Å². The van der Waals surface area contributed by atoms with E-state index < -0.39 is 0 Å². The van der Waals surface area contributed by atoms with Crippen molar-refractivity contribution in [3.8, 4) is 0 Å². The minimum atomic E-state index is -0.315. The fraction of sp³-hybridized carbons (Fsp3) is 0.333. The number of nitrogen functional groups attached to an aromatic ring is 1. The number of hydrogen-bond donors (Lipinski definition) is 1. The number of aromatic nitrogens is 1. The molecular formula is C18H20FN3O. The minimum absolute atomic E-state index is 0.00645. The first-order chi connectivity index (χ1) is 11.1. The number of hydrogen-bond acceptors (Lipinski definition) is 3. The second-order valence-corrected chi connectivity index (χ2v) is 6.06. The summed E-state index contributed by atoms with van der Waals surface area (Å²) in [6.45, 7) is 1.46. The lowest BCUT2D eigenvalue weighted by atomic mass is 10.00. The minimum Gasteiger partial charge on any atom is -0.384 e. The third-order valence-electron chi connectivity index (χ3n) is 4.31. The second-order valence-electron chi connectivity index (χ2n) is 6.06. The molecular weight excluding hydrogens is 293 g/mol. The van der Waals surface area contributed by atoms with Crippen LogP contribution >= 0.6 is 0 Å². The largest absolute Gasteiger partial charge is 0.384 e. The highest BCUT2D eigenvalue weighted by Crippen LogP contribution is 2.22. The van der Waals surface area contributed by atoms with Gasteiger partial charge in [-0.3, -0.25) is 4.79 Å². The molecule has 2 aromatic rings. The van der Waals surface area contributed by atoms with Crippen molar-refractivity contribution in [1.29, 1.82) is 0 Å². The molecule has 0 saturated carbocycles. The highest BCUT2D eigenvalue weighted by atomic mass is 19.1. The van der Waals surface area contributed by atoms with Crippen LogP contribution in [0.5, 0.6) is 0 Å². The first-order valence-corrected chi connectivity index (χ1v) is 7.83. The third kappa shape index (κ3) is 3.86. The lowest BCUT2D eigenvalue weighted by Gasteiger charge is -2.17. The molecule has 1 unspecified atom stereocenters. The van der Waals surface area contributed by atoms with Crippen molar-refractivity contribution in [2.75, 3.05) is 18.8 Å². The van der Waals surface area contributed by atoms with Crippen molar-refractivity contribution in [3.63, 3.8) is 0 Å². The van der Waals surface area contributed by atoms with E-state index in [9.17, 15) is 9.18 Å². The zero-order valence-electron chi connectivity index (χ0n) is 12.9. The van der Waals surface area contributed by atoms with E-state index in [1.165, 1.54) is 6.07 Å². The molecule has 1 amide bonds. The van der Waals surface area contributed by atoms with E-state index in [4.69, 9.17) is 5.73 Å². The average Bonchev–Trinajstić information content (AvgIpc) is 3.00. The summed E-state index contributed by atoms with van der Waals surface area (Å²) in [5.74, 6) is 0.615. The van der Waals surface area contributed by atoms with Gasteiger partial charge < -0.3 is 10.6 Å². The Labute approximate surface area is 135 Å². The van der Waals surface area contributed by atoms with Crippen molar-refractivity contribution < 1.29 is 9.18 Å². The van der Waals surface area contributed by atoms with Crippen molar-refractivity contribution in [3.05, 3.63) is 59.5 Å². The summed E-state index contributed by atoms with van der Waals surface area (Å²) >= 11 is 0. The molecule has 1 fully saturated rings. The Hall–Kier alpha value is -2.43. The van der Waals surface area contributed by atoms with Gasteiger partial charge in [-0.25, -0.2) is 9.37 Å². The van der Waals surface area contributed by atoms with Gasteiger partial charge in [-0.1, -0.05) is 24.3 Å². The van der Waals surface area contributed by atoms with Gasteiger partial charge in [0, 0.05) is 19.3 Å². The maximum Gasteiger partial charge on any atom is 0.227 e. The summed E-state index contributed by atoms with van der Waals surface area (Å²) in [5.41, 5.74) is 7.18. The fourth-order valence-electron chi connectivity index (χ4n) is 3.03. The molecule has 1 aromatic heterocycles. The van der Waals surface area contributed by atoms with Gasteiger partial charge in [0.05, 0.1) is 6.42 Å². The van der Waals surface area contributed by atoms with E-state index in [1.54, 1.807) is 30.5 Å². The molecule has 0 radical (unpaired) electrons. The Bertz CT molecular complexity index is 687. The Morgan fingerprint density at radius 2 is 2.13 bits per heavy atom. The predicted molar refractivity (Wildman–Crippen MR) is 87.1 cm³/mol. The normalized spacial score (nSPS) is 17.4. The van der Waals surface area contributed by atoms with Crippen molar-refractivity contribution in [1.82, 2.24) is 9.88 Å². The quantitative estimate of drug-likeness (QED) is 0.943. The molecule has 2 N–H and O–H groups in total. The SMILES string of the molecule is Nc1ccc(CC2CCN(C(=O)Cc3ccccc3F)C2)cn1. The Morgan fingerprint density at radius 3 is 2.87 bits per heavy atom. The molecule has 0 aliphatic carbocycles. The van der Waals surface area contributed by atoms with Gasteiger partial charge in [0.25, 0.3) is 0 Å². The van der Waals surface area contributed by atoms with Crippen LogP contribution in [0.15, 0.2) is 42.6 Å². The summed E-state index contributed by atoms with van der Waals surface area (Å²) in [5, 5.41) is 0. The molecule has 1 aliphatic heterocycles. The number of carbonyl (C=O) groups is 1. The Balaban J connectivity index is 1.55. The average molecular weight is 313 g/mol. The second kappa shape index (κ2) is 6.77. The van der Waals surface area contributed by atoms with Gasteiger partial charge in [-0.05, 0) is 42.0 Å². The number of anilines is 1. The molecule has 1 atom stereocenters. The summed E-state index contributed by atoms with van der Waals surface area (Å²) < 4.78 is 13.6. The van der Waals surface area contributed by atoms with Gasteiger partial charge in [0.2, 0.25) is 5.91 Å². The van der Waals surface area contributed by atoms with Crippen LogP contribution in [0.4, 0.5) is 10.2 Å². The first kappa shape index (κ1) is 15.5. The topological polar surface area (TPSA) is 59.2 Å². The summed E-state index contributed by atoms with van der Waals surface area (Å²) in [7, 11) is 0. The number of rotatable bonds is 4. The van der Waals surface area contributed by atoms with Gasteiger partial charge in [-0.15, -0.1) is 0 Å². The van der Waals surface area contributed by atoms with Gasteiger partial charge in [0.15, 0.2) is 0 Å². The van der Waals surface area contributed by atoms with Crippen molar-refractivity contribution >= 4 is 11.7 Å². The third-order valence-corrected chi connectivity index (χ3v) is 4.31. The van der Waals surface area contributed by atoms with E-state index in [0.717, 1.165) is 31.5 Å². The standard InChI is InChI=1S/C18H20FN3O/c19-16-4-2-1-3-15(16)10-18(23)22-8-7-14(12-22)9-13-5-6-17(20)21-11-13/h1-6,11,14H,7-10,12H2,(H2,20,21). The van der Waals surface area contributed by atoms with E-state index in [1.807, 2.05) is 11.0 Å². The van der Waals surface area contributed by atoms with E-state index >= 15 is 0 Å². The number of nitrogens with two attached hydrogens (primary N) is 1. The fourth-order valence-corrected chi connectivity index (χ4v) is 3.03. The number of carbonyl (C=O) groups excluding carboxylic acids is 1. The van der Waals surface area contributed by atoms with Crippen LogP contribution in [-0.4, -0.2) is 28.9 Å². The van der Waals surface area contributed by atoms with E-state index in [0.29, 0.717) is 17.3 Å². The molecule has 2 heterocycles. The number of amides is 1. The molecule has 1 aromatic carbocycles. The van der Waals surface area contributed by atoms with Crippen LogP contribution in [0.1, 0.15) is 17.5 Å². The van der Waals surface area contributed by atoms with Gasteiger partial charge >= 0.3 is 0 Å². The zero-order chi connectivity index (χ0) is 16.2. The molecule has 1 saturated heterocycles. The molecule has 23 heavy (non-hydrogen) atoms. The van der Waals surface area contributed by atoms with Crippen LogP contribution in [0.2, 0.25) is 0 Å². The number of halogens is 1. The van der Waals surface area contributed by atoms with Crippen molar-refractivity contribution in [2.45, 2.75) is 19.3 Å². The molecule has 120 valence electrons. The number of pyridine rings is 1. The zero-order valence-corrected chi connectivity index (χ0v) is 12.9. The Morgan fingerprint density at radius 1 is 1.30 bits per heavy atom. The van der Waals surface area contributed by atoms with Crippen LogP contribution in [0, 0.1) is 11.7 Å². The van der Waals surface area contributed by atoms with E-state index in [-0.39, 0.29) is 18.1 Å². The Kier molecular flexibility index (Phi) is 4.55. The number of nitrogens with zero attached hydrogens (tertiary/aromatic N) is 2. The summed E-state index contributed by atoms with van der Waals surface area (Å²) in [6, 6.07) is 10.2. The predicted octanol–water partition coefficient (Wildman–Crippen LogP) is 2.44. The highest BCUT2D eigenvalue weighted by Gasteiger charge is 2.26. The maximum absolute atomic E-state index is 13.6. The van der Waals surface area contributed by atoms with Crippen molar-refractivity contribution in [2.24, 2.45) is 5.92 Å². The number of benzene rings is 1. The van der Waals surface area contributed by atoms with Crippen LogP contribution in [0.25, 0.3) is 0 Å². The molecule has 1 aliphatic rings. The molecule has 5 heteroatoms. The van der Waals surface area contributed by atoms with Crippen LogP contribution < -0.4 is 5.73 Å². The molecule has 0 bridgehead atoms. The van der Waals surface area contributed by atoms with E-state index in [2.05, 4.69) is 4.98 Å². The number of likely N-dealkylation sites (tertiary alicyclic amines) is 1. The van der Waals surface area contributed by atoms with Gasteiger partial charge in [0.1, 0.15) is 11.6 Å². The lowest BCUT2D eigenvalue weighted by molar-refractivity contribution is -0.129. The molecule has 3 rings (SSSR count). The van der Waals surface area contributed by atoms with Crippen LogP contribution in [-0.2, 0) is 17.6 Å². The summed E-state index contributed by atoms with van der Waals surface area (Å²) in [6.07, 6.45) is 3.77. The molecule has 4 nitrogen and oxygen atoms in total. The van der Waals surface area contributed by atoms with Gasteiger partial charge in [-0.2, -0.15) is 0 Å². The first-order valence-electron chi connectivity index (χ1n) is 7.83. The smallest absolute Gasteiger partial charge is 0.227 e. The highest BCUT2D eigenvalue weighted by molar-refractivity contribution is 5.79.